The Morgan fingerprint density at radius 3 is 2.52 bits per heavy atom. The van der Waals surface area contributed by atoms with Crippen LogP contribution in [-0.2, 0) is 20.4 Å². The maximum absolute atomic E-state index is 12.5. The Balaban J connectivity index is 2.25. The molecule has 0 radical (unpaired) electrons. The van der Waals surface area contributed by atoms with Crippen LogP contribution in [0.5, 0.6) is 0 Å². The van der Waals surface area contributed by atoms with Crippen molar-refractivity contribution in [2.24, 2.45) is 0 Å². The van der Waals surface area contributed by atoms with Crippen LogP contribution >= 0.6 is 27.5 Å². The van der Waals surface area contributed by atoms with E-state index in [1.54, 1.807) is 43.3 Å². The molecule has 0 heterocycles. The smallest absolute Gasteiger partial charge is 0.241 e. The average molecular weight is 419 g/mol. The molecule has 0 aliphatic rings. The van der Waals surface area contributed by atoms with Gasteiger partial charge < -0.3 is 4.74 Å². The van der Waals surface area contributed by atoms with Gasteiger partial charge in [0.25, 0.3) is 0 Å². The zero-order valence-corrected chi connectivity index (χ0v) is 15.9. The summed E-state index contributed by atoms with van der Waals surface area (Å²) < 4.78 is 33.6. The first kappa shape index (κ1) is 18.4. The molecule has 4 nitrogen and oxygen atoms in total. The standard InChI is InChI=1S/C16H17BrClNO3S/c1-16(22-2,12-6-5-7-13(18)10-12)11-19-23(20,21)15-9-4-3-8-14(15)17/h3-10,19H,11H2,1-2H3/t16-/m0/s1. The molecule has 0 aliphatic carbocycles. The van der Waals surface area contributed by atoms with Gasteiger partial charge in [-0.3, -0.25) is 0 Å². The second-order valence-electron chi connectivity index (χ2n) is 5.20. The van der Waals surface area contributed by atoms with Gasteiger partial charge in [-0.1, -0.05) is 35.9 Å². The monoisotopic (exact) mass is 417 g/mol. The molecular formula is C16H17BrClNO3S. The highest BCUT2D eigenvalue weighted by atomic mass is 79.9. The Labute approximate surface area is 150 Å². The number of hydrogen-bond acceptors (Lipinski definition) is 3. The van der Waals surface area contributed by atoms with Gasteiger partial charge in [-0.25, -0.2) is 13.1 Å². The molecule has 1 N–H and O–H groups in total. The Kier molecular flexibility index (Phi) is 5.86. The van der Waals surface area contributed by atoms with E-state index in [0.29, 0.717) is 9.50 Å². The fraction of sp³-hybridized carbons (Fsp3) is 0.250. The van der Waals surface area contributed by atoms with Crippen molar-refractivity contribution in [2.75, 3.05) is 13.7 Å². The van der Waals surface area contributed by atoms with Gasteiger partial charge in [0, 0.05) is 23.1 Å². The lowest BCUT2D eigenvalue weighted by Crippen LogP contribution is -2.40. The third kappa shape index (κ3) is 4.33. The molecule has 0 unspecified atom stereocenters. The molecule has 0 aliphatic heterocycles. The molecular weight excluding hydrogens is 402 g/mol. The fourth-order valence-electron chi connectivity index (χ4n) is 2.08. The lowest BCUT2D eigenvalue weighted by atomic mass is 9.96. The quantitative estimate of drug-likeness (QED) is 0.773. The SMILES string of the molecule is CO[C@@](C)(CNS(=O)(=O)c1ccccc1Br)c1cccc(Cl)c1. The van der Waals surface area contributed by atoms with Crippen molar-refractivity contribution >= 4 is 37.6 Å². The van der Waals surface area contributed by atoms with Gasteiger partial charge in [0.2, 0.25) is 10.0 Å². The summed E-state index contributed by atoms with van der Waals surface area (Å²) in [4.78, 5) is 0.185. The van der Waals surface area contributed by atoms with E-state index in [9.17, 15) is 8.42 Å². The molecule has 0 saturated heterocycles. The van der Waals surface area contributed by atoms with Crippen molar-refractivity contribution in [3.8, 4) is 0 Å². The Morgan fingerprint density at radius 1 is 1.22 bits per heavy atom. The molecule has 7 heteroatoms. The Morgan fingerprint density at radius 2 is 1.91 bits per heavy atom. The lowest BCUT2D eigenvalue weighted by molar-refractivity contribution is 0.00698. The third-order valence-corrected chi connectivity index (χ3v) is 6.26. The van der Waals surface area contributed by atoms with E-state index in [0.717, 1.165) is 5.56 Å². The number of benzene rings is 2. The molecule has 1 atom stereocenters. The molecule has 2 aromatic rings. The van der Waals surface area contributed by atoms with Gasteiger partial charge in [-0.05, 0) is 52.7 Å². The van der Waals surface area contributed by atoms with Crippen LogP contribution in [0.1, 0.15) is 12.5 Å². The Hall–Kier alpha value is -0.920. The topological polar surface area (TPSA) is 55.4 Å². The largest absolute Gasteiger partial charge is 0.372 e. The first-order valence-electron chi connectivity index (χ1n) is 6.84. The van der Waals surface area contributed by atoms with Gasteiger partial charge in [-0.2, -0.15) is 0 Å². The van der Waals surface area contributed by atoms with E-state index in [-0.39, 0.29) is 11.4 Å². The molecule has 2 rings (SSSR count). The van der Waals surface area contributed by atoms with Crippen molar-refractivity contribution in [1.29, 1.82) is 0 Å². The van der Waals surface area contributed by atoms with Crippen LogP contribution in [-0.4, -0.2) is 22.1 Å². The van der Waals surface area contributed by atoms with E-state index in [1.165, 1.54) is 13.2 Å². The number of halogens is 2. The van der Waals surface area contributed by atoms with Crippen LogP contribution in [0.2, 0.25) is 5.02 Å². The third-order valence-electron chi connectivity index (χ3n) is 3.61. The highest BCUT2D eigenvalue weighted by molar-refractivity contribution is 9.10. The predicted octanol–water partition coefficient (Wildman–Crippen LogP) is 3.94. The van der Waals surface area contributed by atoms with Crippen molar-refractivity contribution in [1.82, 2.24) is 4.72 Å². The molecule has 23 heavy (non-hydrogen) atoms. The number of methoxy groups -OCH3 is 1. The van der Waals surface area contributed by atoms with Crippen LogP contribution in [0.4, 0.5) is 0 Å². The molecule has 0 fully saturated rings. The molecule has 0 aromatic heterocycles. The predicted molar refractivity (Wildman–Crippen MR) is 95.1 cm³/mol. The minimum absolute atomic E-state index is 0.0769. The summed E-state index contributed by atoms with van der Waals surface area (Å²) in [7, 11) is -2.13. The van der Waals surface area contributed by atoms with Crippen LogP contribution in [0.3, 0.4) is 0 Å². The van der Waals surface area contributed by atoms with E-state index in [2.05, 4.69) is 20.7 Å². The minimum Gasteiger partial charge on any atom is -0.372 e. The maximum Gasteiger partial charge on any atom is 0.241 e. The number of rotatable bonds is 6. The van der Waals surface area contributed by atoms with Gasteiger partial charge >= 0.3 is 0 Å². The van der Waals surface area contributed by atoms with Crippen molar-refractivity contribution in [3.05, 3.63) is 63.6 Å². The van der Waals surface area contributed by atoms with Crippen LogP contribution in [0.15, 0.2) is 57.9 Å². The summed E-state index contributed by atoms with van der Waals surface area (Å²) in [6, 6.07) is 13.8. The van der Waals surface area contributed by atoms with Gasteiger partial charge in [0.05, 0.1) is 4.90 Å². The van der Waals surface area contributed by atoms with Gasteiger partial charge in [0.1, 0.15) is 5.60 Å². The summed E-state index contributed by atoms with van der Waals surface area (Å²) in [5.41, 5.74) is -0.0403. The molecule has 2 aromatic carbocycles. The molecule has 0 saturated carbocycles. The summed E-state index contributed by atoms with van der Waals surface area (Å²) in [6.07, 6.45) is 0. The lowest BCUT2D eigenvalue weighted by Gasteiger charge is -2.29. The number of nitrogens with one attached hydrogen (secondary N) is 1. The molecule has 0 amide bonds. The van der Waals surface area contributed by atoms with E-state index >= 15 is 0 Å². The normalized spacial score (nSPS) is 14.4. The van der Waals surface area contributed by atoms with Crippen LogP contribution < -0.4 is 4.72 Å². The van der Waals surface area contributed by atoms with Gasteiger partial charge in [-0.15, -0.1) is 0 Å². The fourth-order valence-corrected chi connectivity index (χ4v) is 4.40. The van der Waals surface area contributed by atoms with Crippen molar-refractivity contribution < 1.29 is 13.2 Å². The second-order valence-corrected chi connectivity index (χ2v) is 8.23. The highest BCUT2D eigenvalue weighted by Gasteiger charge is 2.29. The van der Waals surface area contributed by atoms with Crippen LogP contribution in [0.25, 0.3) is 0 Å². The van der Waals surface area contributed by atoms with E-state index < -0.39 is 15.6 Å². The Bertz CT molecular complexity index is 797. The molecule has 0 spiro atoms. The summed E-state index contributed by atoms with van der Waals surface area (Å²) in [6.45, 7) is 1.88. The first-order chi connectivity index (χ1) is 10.8. The minimum atomic E-state index is -3.66. The summed E-state index contributed by atoms with van der Waals surface area (Å²) >= 11 is 9.27. The first-order valence-corrected chi connectivity index (χ1v) is 9.49. The highest BCUT2D eigenvalue weighted by Crippen LogP contribution is 2.27. The molecule has 124 valence electrons. The summed E-state index contributed by atoms with van der Waals surface area (Å²) in [5, 5.41) is 0.569. The van der Waals surface area contributed by atoms with E-state index in [1.807, 2.05) is 6.07 Å². The van der Waals surface area contributed by atoms with Gasteiger partial charge in [0.15, 0.2) is 0 Å². The van der Waals surface area contributed by atoms with E-state index in [4.69, 9.17) is 16.3 Å². The average Bonchev–Trinajstić information content (AvgIpc) is 2.53. The maximum atomic E-state index is 12.5. The zero-order chi connectivity index (χ0) is 17.1. The number of ether oxygens (including phenoxy) is 1. The second kappa shape index (κ2) is 7.32. The molecule has 0 bridgehead atoms. The van der Waals surface area contributed by atoms with Crippen molar-refractivity contribution in [3.63, 3.8) is 0 Å². The number of sulfonamides is 1. The zero-order valence-electron chi connectivity index (χ0n) is 12.7. The number of hydrogen-bond donors (Lipinski definition) is 1. The van der Waals surface area contributed by atoms with Crippen molar-refractivity contribution in [2.45, 2.75) is 17.4 Å². The van der Waals surface area contributed by atoms with Crippen LogP contribution in [0, 0.1) is 0 Å². The summed E-state index contributed by atoms with van der Waals surface area (Å²) in [5.74, 6) is 0.